The molecule has 1 aliphatic rings. The van der Waals surface area contributed by atoms with Crippen molar-refractivity contribution < 1.29 is 5.11 Å². The van der Waals surface area contributed by atoms with Crippen molar-refractivity contribution >= 4 is 21.6 Å². The van der Waals surface area contributed by atoms with Gasteiger partial charge in [-0.2, -0.15) is 0 Å². The third kappa shape index (κ3) is 2.71. The van der Waals surface area contributed by atoms with E-state index >= 15 is 0 Å². The summed E-state index contributed by atoms with van der Waals surface area (Å²) >= 11 is 3.62. The highest BCUT2D eigenvalue weighted by Gasteiger charge is 2.35. The molecule has 1 fully saturated rings. The topological polar surface area (TPSA) is 35.5 Å². The zero-order chi connectivity index (χ0) is 13.2. The molecule has 1 atom stereocenters. The fourth-order valence-corrected chi connectivity index (χ4v) is 3.16. The normalized spacial score (nSPS) is 23.8. The lowest BCUT2D eigenvalue weighted by Gasteiger charge is -2.43. The zero-order valence-corrected chi connectivity index (χ0v) is 12.6. The van der Waals surface area contributed by atoms with Gasteiger partial charge in [0.1, 0.15) is 0 Å². The maximum absolute atomic E-state index is 9.67. The number of aliphatic hydroxyl groups excluding tert-OH is 1. The van der Waals surface area contributed by atoms with Crippen LogP contribution in [0.3, 0.4) is 0 Å². The first kappa shape index (κ1) is 13.8. The predicted molar refractivity (Wildman–Crippen MR) is 79.1 cm³/mol. The van der Waals surface area contributed by atoms with Crippen LogP contribution < -0.4 is 10.2 Å². The minimum Gasteiger partial charge on any atom is -0.394 e. The highest BCUT2D eigenvalue weighted by molar-refractivity contribution is 9.10. The van der Waals surface area contributed by atoms with Crippen molar-refractivity contribution in [1.29, 1.82) is 0 Å². The number of benzene rings is 1. The second kappa shape index (κ2) is 5.59. The number of anilines is 1. The second-order valence-corrected chi connectivity index (χ2v) is 6.28. The van der Waals surface area contributed by atoms with Crippen molar-refractivity contribution in [2.24, 2.45) is 0 Å². The summed E-state index contributed by atoms with van der Waals surface area (Å²) in [5.74, 6) is 0. The van der Waals surface area contributed by atoms with Crippen LogP contribution in [0.1, 0.15) is 20.3 Å². The predicted octanol–water partition coefficient (Wildman–Crippen LogP) is 2.39. The van der Waals surface area contributed by atoms with E-state index in [4.69, 9.17) is 0 Å². The monoisotopic (exact) mass is 312 g/mol. The number of nitrogens with one attached hydrogen (secondary N) is 1. The molecule has 0 amide bonds. The van der Waals surface area contributed by atoms with Crippen LogP contribution in [-0.4, -0.2) is 36.4 Å². The van der Waals surface area contributed by atoms with Gasteiger partial charge in [-0.05, 0) is 54.9 Å². The third-order valence-electron chi connectivity index (χ3n) is 3.63. The van der Waals surface area contributed by atoms with Crippen LogP contribution >= 0.6 is 15.9 Å². The number of para-hydroxylation sites is 1. The first-order chi connectivity index (χ1) is 8.56. The quantitative estimate of drug-likeness (QED) is 0.880. The lowest BCUT2D eigenvalue weighted by Crippen LogP contribution is -2.52. The van der Waals surface area contributed by atoms with Crippen molar-refractivity contribution in [1.82, 2.24) is 5.32 Å². The summed E-state index contributed by atoms with van der Waals surface area (Å²) in [7, 11) is 0. The molecule has 1 aromatic rings. The number of aliphatic hydroxyl groups is 1. The largest absolute Gasteiger partial charge is 0.394 e. The molecule has 1 aromatic carbocycles. The Hall–Kier alpha value is -0.580. The van der Waals surface area contributed by atoms with Gasteiger partial charge in [0.25, 0.3) is 0 Å². The Bertz CT molecular complexity index is 409. The van der Waals surface area contributed by atoms with Gasteiger partial charge >= 0.3 is 0 Å². The van der Waals surface area contributed by atoms with E-state index in [1.807, 2.05) is 12.1 Å². The standard InChI is InChI=1S/C14H21BrN2O/c1-14(2)7-8-16-9-11(10-18)17(14)13-6-4-3-5-12(13)15/h3-6,11,16,18H,7-10H2,1-2H3. The Morgan fingerprint density at radius 1 is 1.44 bits per heavy atom. The number of hydrogen-bond acceptors (Lipinski definition) is 3. The summed E-state index contributed by atoms with van der Waals surface area (Å²) in [6.07, 6.45) is 1.06. The minimum atomic E-state index is 0.0285. The van der Waals surface area contributed by atoms with E-state index in [1.54, 1.807) is 0 Å². The van der Waals surface area contributed by atoms with E-state index in [-0.39, 0.29) is 18.2 Å². The summed E-state index contributed by atoms with van der Waals surface area (Å²) in [4.78, 5) is 2.34. The van der Waals surface area contributed by atoms with E-state index < -0.39 is 0 Å². The number of nitrogens with zero attached hydrogens (tertiary/aromatic N) is 1. The molecular formula is C14H21BrN2O. The fourth-order valence-electron chi connectivity index (χ4n) is 2.69. The van der Waals surface area contributed by atoms with Crippen molar-refractivity contribution in [2.75, 3.05) is 24.6 Å². The highest BCUT2D eigenvalue weighted by atomic mass is 79.9. The number of hydrogen-bond donors (Lipinski definition) is 2. The van der Waals surface area contributed by atoms with E-state index in [0.717, 1.165) is 29.7 Å². The van der Waals surface area contributed by atoms with Crippen LogP contribution in [0.5, 0.6) is 0 Å². The van der Waals surface area contributed by atoms with Crippen LogP contribution in [0, 0.1) is 0 Å². The van der Waals surface area contributed by atoms with Crippen LogP contribution in [0.25, 0.3) is 0 Å². The molecule has 0 spiro atoms. The molecule has 3 nitrogen and oxygen atoms in total. The first-order valence-electron chi connectivity index (χ1n) is 6.42. The molecule has 1 heterocycles. The molecule has 2 rings (SSSR count). The minimum absolute atomic E-state index is 0.0285. The Kier molecular flexibility index (Phi) is 4.30. The van der Waals surface area contributed by atoms with Crippen molar-refractivity contribution in [2.45, 2.75) is 31.8 Å². The van der Waals surface area contributed by atoms with Crippen molar-refractivity contribution in [3.05, 3.63) is 28.7 Å². The first-order valence-corrected chi connectivity index (χ1v) is 7.21. The maximum Gasteiger partial charge on any atom is 0.0651 e. The summed E-state index contributed by atoms with van der Waals surface area (Å²) in [6, 6.07) is 8.34. The lowest BCUT2D eigenvalue weighted by atomic mass is 9.96. The van der Waals surface area contributed by atoms with Gasteiger partial charge in [0.15, 0.2) is 0 Å². The Morgan fingerprint density at radius 3 is 2.83 bits per heavy atom. The Morgan fingerprint density at radius 2 is 2.17 bits per heavy atom. The molecule has 0 aliphatic carbocycles. The third-order valence-corrected chi connectivity index (χ3v) is 4.30. The Labute approximate surface area is 117 Å². The molecule has 1 saturated heterocycles. The zero-order valence-electron chi connectivity index (χ0n) is 11.0. The molecule has 0 radical (unpaired) electrons. The van der Waals surface area contributed by atoms with E-state index in [1.165, 1.54) is 0 Å². The van der Waals surface area contributed by atoms with Gasteiger partial charge in [0, 0.05) is 16.6 Å². The molecule has 0 bridgehead atoms. The van der Waals surface area contributed by atoms with Crippen LogP contribution in [0.4, 0.5) is 5.69 Å². The number of rotatable bonds is 2. The maximum atomic E-state index is 9.67. The van der Waals surface area contributed by atoms with Gasteiger partial charge in [-0.25, -0.2) is 0 Å². The van der Waals surface area contributed by atoms with Gasteiger partial charge in [0.2, 0.25) is 0 Å². The van der Waals surface area contributed by atoms with Gasteiger partial charge < -0.3 is 15.3 Å². The smallest absolute Gasteiger partial charge is 0.0651 e. The van der Waals surface area contributed by atoms with Crippen molar-refractivity contribution in [3.63, 3.8) is 0 Å². The van der Waals surface area contributed by atoms with Crippen molar-refractivity contribution in [3.8, 4) is 0 Å². The molecule has 100 valence electrons. The van der Waals surface area contributed by atoms with Gasteiger partial charge in [-0.1, -0.05) is 12.1 Å². The molecular weight excluding hydrogens is 292 g/mol. The molecule has 2 N–H and O–H groups in total. The van der Waals surface area contributed by atoms with Crippen LogP contribution in [-0.2, 0) is 0 Å². The second-order valence-electron chi connectivity index (χ2n) is 5.42. The number of halogens is 1. The summed E-state index contributed by atoms with van der Waals surface area (Å²) in [5.41, 5.74) is 1.19. The van der Waals surface area contributed by atoms with Gasteiger partial charge in [-0.15, -0.1) is 0 Å². The summed E-state index contributed by atoms with van der Waals surface area (Å²) in [5, 5.41) is 13.1. The van der Waals surface area contributed by atoms with Gasteiger partial charge in [-0.3, -0.25) is 0 Å². The average Bonchev–Trinajstić information content (AvgIpc) is 2.48. The van der Waals surface area contributed by atoms with Crippen LogP contribution in [0.15, 0.2) is 28.7 Å². The fraction of sp³-hybridized carbons (Fsp3) is 0.571. The Balaban J connectivity index is 2.43. The average molecular weight is 313 g/mol. The van der Waals surface area contributed by atoms with Crippen LogP contribution in [0.2, 0.25) is 0 Å². The van der Waals surface area contributed by atoms with E-state index in [9.17, 15) is 5.11 Å². The summed E-state index contributed by atoms with van der Waals surface area (Å²) < 4.78 is 1.08. The molecule has 0 aromatic heterocycles. The van der Waals surface area contributed by atoms with E-state index in [2.05, 4.69) is 52.1 Å². The molecule has 1 aliphatic heterocycles. The molecule has 1 unspecified atom stereocenters. The SMILES string of the molecule is CC1(C)CCNCC(CO)N1c1ccccc1Br. The van der Waals surface area contributed by atoms with Gasteiger partial charge in [0.05, 0.1) is 18.3 Å². The lowest BCUT2D eigenvalue weighted by molar-refractivity contribution is 0.245. The highest BCUT2D eigenvalue weighted by Crippen LogP contribution is 2.35. The molecule has 4 heteroatoms. The van der Waals surface area contributed by atoms with E-state index in [0.29, 0.717) is 0 Å². The molecule has 18 heavy (non-hydrogen) atoms. The molecule has 0 saturated carbocycles. The summed E-state index contributed by atoms with van der Waals surface area (Å²) in [6.45, 7) is 6.45.